The van der Waals surface area contributed by atoms with E-state index in [1.54, 1.807) is 20.8 Å². The molecule has 0 aromatic heterocycles. The molecule has 1 aliphatic carbocycles. The molecule has 1 fully saturated rings. The van der Waals surface area contributed by atoms with E-state index in [0.29, 0.717) is 12.1 Å². The molecule has 92 valence electrons. The van der Waals surface area contributed by atoms with Crippen molar-refractivity contribution < 1.29 is 10.1 Å². The van der Waals surface area contributed by atoms with Gasteiger partial charge < -0.3 is 11.1 Å². The molecule has 2 atom stereocenters. The van der Waals surface area contributed by atoms with Crippen LogP contribution < -0.4 is 11.1 Å². The van der Waals surface area contributed by atoms with Gasteiger partial charge in [0.2, 0.25) is 0 Å². The predicted molar refractivity (Wildman–Crippen MR) is 62.8 cm³/mol. The van der Waals surface area contributed by atoms with Crippen molar-refractivity contribution in [3.63, 3.8) is 0 Å². The highest BCUT2D eigenvalue weighted by Crippen LogP contribution is 2.15. The number of hydrogen-bond acceptors (Lipinski definition) is 4. The van der Waals surface area contributed by atoms with Crippen LogP contribution >= 0.6 is 0 Å². The molecule has 15 heavy (non-hydrogen) atoms. The van der Waals surface area contributed by atoms with Crippen molar-refractivity contribution in [2.75, 3.05) is 7.05 Å². The largest absolute Gasteiger partial charge is 0.326 e. The van der Waals surface area contributed by atoms with Gasteiger partial charge in [-0.2, -0.15) is 0 Å². The molecule has 0 radical (unpaired) electrons. The molecule has 0 spiro atoms. The second-order valence-corrected chi connectivity index (χ2v) is 5.05. The first-order valence-electron chi connectivity index (χ1n) is 5.66. The molecule has 4 N–H and O–H groups in total. The Kier molecular flexibility index (Phi) is 7.09. The van der Waals surface area contributed by atoms with Crippen LogP contribution in [0, 0.1) is 0 Å². The average molecular weight is 218 g/mol. The van der Waals surface area contributed by atoms with E-state index in [0.717, 1.165) is 0 Å². The zero-order valence-corrected chi connectivity index (χ0v) is 10.4. The highest BCUT2D eigenvalue weighted by molar-refractivity contribution is 4.81. The van der Waals surface area contributed by atoms with Gasteiger partial charge in [-0.05, 0) is 40.7 Å². The smallest absolute Gasteiger partial charge is 0.0949 e. The summed E-state index contributed by atoms with van der Waals surface area (Å²) in [6, 6.07) is 0.988. The highest BCUT2D eigenvalue weighted by atomic mass is 17.1. The molecule has 0 aromatic rings. The molecule has 2 unspecified atom stereocenters. The van der Waals surface area contributed by atoms with Crippen molar-refractivity contribution in [1.29, 1.82) is 0 Å². The quantitative estimate of drug-likeness (QED) is 0.463. The summed E-state index contributed by atoms with van der Waals surface area (Å²) in [7, 11) is 2.00. The van der Waals surface area contributed by atoms with Gasteiger partial charge in [-0.25, -0.2) is 4.89 Å². The normalized spacial score (nSPS) is 26.8. The lowest BCUT2D eigenvalue weighted by Gasteiger charge is -2.27. The first-order chi connectivity index (χ1) is 6.90. The molecule has 1 aliphatic rings. The molecule has 0 aromatic carbocycles. The van der Waals surface area contributed by atoms with Gasteiger partial charge in [0.25, 0.3) is 0 Å². The molecule has 4 nitrogen and oxygen atoms in total. The summed E-state index contributed by atoms with van der Waals surface area (Å²) in [6.07, 6.45) is 5.13. The maximum absolute atomic E-state index is 7.90. The number of nitrogens with one attached hydrogen (secondary N) is 1. The van der Waals surface area contributed by atoms with Crippen LogP contribution in [0.5, 0.6) is 0 Å². The third-order valence-electron chi connectivity index (χ3n) is 2.46. The Labute approximate surface area is 93.1 Å². The lowest BCUT2D eigenvalue weighted by atomic mass is 9.91. The third-order valence-corrected chi connectivity index (χ3v) is 2.46. The van der Waals surface area contributed by atoms with Crippen LogP contribution in [0.2, 0.25) is 0 Å². The molecule has 0 aliphatic heterocycles. The minimum absolute atomic E-state index is 0.403. The SMILES string of the molecule is CC(C)(C)OO.CNC1CCCCC1N. The van der Waals surface area contributed by atoms with Crippen molar-refractivity contribution in [3.8, 4) is 0 Å². The number of likely N-dealkylation sites (N-methyl/N-ethyl adjacent to an activating group) is 1. The standard InChI is InChI=1S/C7H16N2.C4H10O2/c1-9-7-5-3-2-4-6(7)8;1-4(2,3)6-5/h6-7,9H,2-5,8H2,1H3;5H,1-3H3. The van der Waals surface area contributed by atoms with Crippen molar-refractivity contribution in [1.82, 2.24) is 5.32 Å². The summed E-state index contributed by atoms with van der Waals surface area (Å²) in [6.45, 7) is 5.31. The van der Waals surface area contributed by atoms with E-state index in [-0.39, 0.29) is 0 Å². The van der Waals surface area contributed by atoms with Crippen LogP contribution in [0.1, 0.15) is 46.5 Å². The summed E-state index contributed by atoms with van der Waals surface area (Å²) in [4.78, 5) is 3.94. The van der Waals surface area contributed by atoms with E-state index < -0.39 is 5.60 Å². The maximum Gasteiger partial charge on any atom is 0.0949 e. The highest BCUT2D eigenvalue weighted by Gasteiger charge is 2.18. The monoisotopic (exact) mass is 218 g/mol. The van der Waals surface area contributed by atoms with Crippen molar-refractivity contribution in [2.45, 2.75) is 64.1 Å². The Balaban J connectivity index is 0.000000288. The zero-order valence-electron chi connectivity index (χ0n) is 10.4. The summed E-state index contributed by atoms with van der Waals surface area (Å²) in [5, 5.41) is 11.1. The van der Waals surface area contributed by atoms with Crippen molar-refractivity contribution in [2.24, 2.45) is 5.73 Å². The van der Waals surface area contributed by atoms with Gasteiger partial charge in [-0.15, -0.1) is 0 Å². The van der Waals surface area contributed by atoms with Crippen LogP contribution in [0.15, 0.2) is 0 Å². The summed E-state index contributed by atoms with van der Waals surface area (Å²) in [5.41, 5.74) is 5.42. The van der Waals surface area contributed by atoms with Crippen LogP contribution in [0.4, 0.5) is 0 Å². The van der Waals surface area contributed by atoms with Gasteiger partial charge in [0, 0.05) is 12.1 Å². The number of nitrogens with two attached hydrogens (primary N) is 1. The fraction of sp³-hybridized carbons (Fsp3) is 1.00. The second kappa shape index (κ2) is 7.17. The summed E-state index contributed by atoms with van der Waals surface area (Å²) < 4.78 is 0. The van der Waals surface area contributed by atoms with Crippen LogP contribution in [0.3, 0.4) is 0 Å². The topological polar surface area (TPSA) is 67.5 Å². The Morgan fingerprint density at radius 1 is 1.27 bits per heavy atom. The minimum Gasteiger partial charge on any atom is -0.326 e. The molecule has 0 bridgehead atoms. The Morgan fingerprint density at radius 3 is 2.00 bits per heavy atom. The van der Waals surface area contributed by atoms with Gasteiger partial charge in [-0.1, -0.05) is 12.8 Å². The molecule has 4 heteroatoms. The van der Waals surface area contributed by atoms with Crippen LogP contribution in [-0.4, -0.2) is 30.0 Å². The summed E-state index contributed by atoms with van der Waals surface area (Å²) >= 11 is 0. The Hall–Kier alpha value is -0.160. The Bertz CT molecular complexity index is 157. The zero-order chi connectivity index (χ0) is 11.9. The van der Waals surface area contributed by atoms with Gasteiger partial charge in [0.1, 0.15) is 0 Å². The van der Waals surface area contributed by atoms with Gasteiger partial charge >= 0.3 is 0 Å². The fourth-order valence-corrected chi connectivity index (χ4v) is 1.52. The van der Waals surface area contributed by atoms with E-state index in [1.165, 1.54) is 25.7 Å². The molecular formula is C11H26N2O2. The molecular weight excluding hydrogens is 192 g/mol. The first kappa shape index (κ1) is 14.8. The van der Waals surface area contributed by atoms with E-state index in [1.807, 2.05) is 7.05 Å². The maximum atomic E-state index is 7.90. The number of rotatable bonds is 1. The van der Waals surface area contributed by atoms with Crippen LogP contribution in [-0.2, 0) is 4.89 Å². The van der Waals surface area contributed by atoms with Crippen molar-refractivity contribution >= 4 is 0 Å². The predicted octanol–water partition coefficient (Wildman–Crippen LogP) is 1.75. The third kappa shape index (κ3) is 7.73. The lowest BCUT2D eigenvalue weighted by Crippen LogP contribution is -2.45. The van der Waals surface area contributed by atoms with Crippen molar-refractivity contribution in [3.05, 3.63) is 0 Å². The lowest BCUT2D eigenvalue weighted by molar-refractivity contribution is -0.306. The average Bonchev–Trinajstić information content (AvgIpc) is 2.18. The molecule has 0 heterocycles. The van der Waals surface area contributed by atoms with E-state index in [2.05, 4.69) is 10.2 Å². The number of hydrogen-bond donors (Lipinski definition) is 3. The molecule has 1 saturated carbocycles. The molecule has 0 saturated heterocycles. The fourth-order valence-electron chi connectivity index (χ4n) is 1.52. The second-order valence-electron chi connectivity index (χ2n) is 5.05. The van der Waals surface area contributed by atoms with E-state index in [4.69, 9.17) is 11.0 Å². The first-order valence-corrected chi connectivity index (χ1v) is 5.66. The molecule has 0 amide bonds. The van der Waals surface area contributed by atoms with Gasteiger partial charge in [0.05, 0.1) is 5.60 Å². The summed E-state index contributed by atoms with van der Waals surface area (Å²) in [5.74, 6) is 0. The molecule has 1 rings (SSSR count). The minimum atomic E-state index is -0.403. The Morgan fingerprint density at radius 2 is 1.73 bits per heavy atom. The van der Waals surface area contributed by atoms with Gasteiger partial charge in [0.15, 0.2) is 0 Å². The van der Waals surface area contributed by atoms with E-state index in [9.17, 15) is 0 Å². The van der Waals surface area contributed by atoms with E-state index >= 15 is 0 Å². The van der Waals surface area contributed by atoms with Gasteiger partial charge in [-0.3, -0.25) is 5.26 Å². The van der Waals surface area contributed by atoms with Crippen LogP contribution in [0.25, 0.3) is 0 Å².